The summed E-state index contributed by atoms with van der Waals surface area (Å²) in [4.78, 5) is 19.3. The number of nitrogens with one attached hydrogen (secondary N) is 1. The molecule has 0 aliphatic heterocycles. The van der Waals surface area contributed by atoms with Crippen molar-refractivity contribution < 1.29 is 9.90 Å². The van der Waals surface area contributed by atoms with Gasteiger partial charge in [0, 0.05) is 18.3 Å². The average molecular weight is 278 g/mol. The van der Waals surface area contributed by atoms with Crippen LogP contribution in [0.5, 0.6) is 0 Å². The Morgan fingerprint density at radius 2 is 2.37 bits per heavy atom. The Kier molecular flexibility index (Phi) is 3.96. The van der Waals surface area contributed by atoms with E-state index in [1.807, 2.05) is 12.3 Å². The Labute approximate surface area is 114 Å². The normalized spacial score (nSPS) is 10.4. The molecular weight excluding hydrogens is 264 g/mol. The number of aromatic nitrogens is 2. The third kappa shape index (κ3) is 3.41. The van der Waals surface area contributed by atoms with Gasteiger partial charge in [0.25, 0.3) is 0 Å². The van der Waals surface area contributed by atoms with Crippen LogP contribution in [0.1, 0.15) is 21.1 Å². The molecule has 19 heavy (non-hydrogen) atoms. The van der Waals surface area contributed by atoms with Crippen molar-refractivity contribution in [1.82, 2.24) is 9.97 Å². The van der Waals surface area contributed by atoms with E-state index in [1.54, 1.807) is 11.3 Å². The molecule has 4 N–H and O–H groups in total. The summed E-state index contributed by atoms with van der Waals surface area (Å²) in [5.74, 6) is -0.559. The lowest BCUT2D eigenvalue weighted by atomic mass is 10.2. The minimum Gasteiger partial charge on any atom is -0.478 e. The van der Waals surface area contributed by atoms with E-state index in [2.05, 4.69) is 15.3 Å². The number of carbonyl (C=O) groups is 1. The molecule has 100 valence electrons. The molecule has 0 saturated carbocycles. The first-order valence-corrected chi connectivity index (χ1v) is 6.58. The van der Waals surface area contributed by atoms with Gasteiger partial charge in [-0.15, -0.1) is 11.3 Å². The Hall–Kier alpha value is -2.15. The molecule has 0 amide bonds. The number of rotatable bonds is 5. The minimum atomic E-state index is -1.06. The van der Waals surface area contributed by atoms with Crippen molar-refractivity contribution in [3.8, 4) is 0 Å². The lowest BCUT2D eigenvalue weighted by Gasteiger charge is -2.06. The van der Waals surface area contributed by atoms with Crippen molar-refractivity contribution in [2.45, 2.75) is 13.3 Å². The summed E-state index contributed by atoms with van der Waals surface area (Å²) in [5, 5.41) is 15.1. The molecular formula is C12H14N4O2S. The predicted molar refractivity (Wildman–Crippen MR) is 74.7 cm³/mol. The molecule has 2 aromatic heterocycles. The summed E-state index contributed by atoms with van der Waals surface area (Å²) in [7, 11) is 0. The second-order valence-electron chi connectivity index (χ2n) is 4.00. The number of thiazole rings is 1. The molecule has 2 aromatic rings. The fourth-order valence-corrected chi connectivity index (χ4v) is 2.24. The number of hydrogen-bond acceptors (Lipinski definition) is 6. The molecule has 0 saturated heterocycles. The van der Waals surface area contributed by atoms with Crippen LogP contribution in [0.15, 0.2) is 17.6 Å². The van der Waals surface area contributed by atoms with E-state index in [-0.39, 0.29) is 11.3 Å². The highest BCUT2D eigenvalue weighted by molar-refractivity contribution is 7.09. The molecule has 0 fully saturated rings. The number of nitrogens with zero attached hydrogens (tertiary/aromatic N) is 2. The highest BCUT2D eigenvalue weighted by atomic mass is 32.1. The fourth-order valence-electron chi connectivity index (χ4n) is 1.59. The standard InChI is InChI=1S/C12H14N4O2S/c1-7-16-8(6-19-7)2-3-14-11-4-9(12(17)18)10(13)5-15-11/h4-6H,2-3,13H2,1H3,(H,14,15)(H,17,18). The van der Waals surface area contributed by atoms with Gasteiger partial charge >= 0.3 is 5.97 Å². The number of hydrogen-bond donors (Lipinski definition) is 3. The molecule has 0 unspecified atom stereocenters. The lowest BCUT2D eigenvalue weighted by molar-refractivity contribution is 0.0698. The van der Waals surface area contributed by atoms with Crippen LogP contribution in [0.2, 0.25) is 0 Å². The molecule has 6 nitrogen and oxygen atoms in total. The number of aryl methyl sites for hydroxylation is 1. The van der Waals surface area contributed by atoms with Crippen LogP contribution in [0.4, 0.5) is 11.5 Å². The van der Waals surface area contributed by atoms with E-state index in [4.69, 9.17) is 10.8 Å². The number of anilines is 2. The van der Waals surface area contributed by atoms with Crippen LogP contribution in [0.3, 0.4) is 0 Å². The van der Waals surface area contributed by atoms with Gasteiger partial charge in [-0.3, -0.25) is 0 Å². The summed E-state index contributed by atoms with van der Waals surface area (Å²) in [6, 6.07) is 1.43. The van der Waals surface area contributed by atoms with Gasteiger partial charge in [0.1, 0.15) is 5.82 Å². The smallest absolute Gasteiger partial charge is 0.337 e. The van der Waals surface area contributed by atoms with Crippen LogP contribution >= 0.6 is 11.3 Å². The highest BCUT2D eigenvalue weighted by Crippen LogP contribution is 2.15. The first kappa shape index (κ1) is 13.3. The van der Waals surface area contributed by atoms with E-state index < -0.39 is 5.97 Å². The van der Waals surface area contributed by atoms with Crippen LogP contribution in [0, 0.1) is 6.92 Å². The molecule has 2 rings (SSSR count). The monoisotopic (exact) mass is 278 g/mol. The van der Waals surface area contributed by atoms with Gasteiger partial charge in [0.05, 0.1) is 28.1 Å². The molecule has 0 bridgehead atoms. The summed E-state index contributed by atoms with van der Waals surface area (Å²) in [6.45, 7) is 2.60. The molecule has 0 spiro atoms. The lowest BCUT2D eigenvalue weighted by Crippen LogP contribution is -2.09. The average Bonchev–Trinajstić information content (AvgIpc) is 2.77. The van der Waals surface area contributed by atoms with Gasteiger partial charge in [-0.2, -0.15) is 0 Å². The van der Waals surface area contributed by atoms with Crippen molar-refractivity contribution in [2.75, 3.05) is 17.6 Å². The SMILES string of the molecule is Cc1nc(CCNc2cc(C(=O)O)c(N)cn2)cs1. The Bertz CT molecular complexity index is 597. The second kappa shape index (κ2) is 5.66. The van der Waals surface area contributed by atoms with Gasteiger partial charge in [-0.25, -0.2) is 14.8 Å². The van der Waals surface area contributed by atoms with Crippen molar-refractivity contribution in [3.63, 3.8) is 0 Å². The Balaban J connectivity index is 1.96. The van der Waals surface area contributed by atoms with Crippen LogP contribution in [0.25, 0.3) is 0 Å². The Morgan fingerprint density at radius 1 is 1.58 bits per heavy atom. The second-order valence-corrected chi connectivity index (χ2v) is 5.06. The van der Waals surface area contributed by atoms with Crippen LogP contribution in [-0.2, 0) is 6.42 Å². The molecule has 0 aromatic carbocycles. The van der Waals surface area contributed by atoms with Gasteiger partial charge < -0.3 is 16.2 Å². The fraction of sp³-hybridized carbons (Fsp3) is 0.250. The molecule has 0 aliphatic carbocycles. The van der Waals surface area contributed by atoms with E-state index >= 15 is 0 Å². The number of nitrogen functional groups attached to an aromatic ring is 1. The van der Waals surface area contributed by atoms with Crippen molar-refractivity contribution in [3.05, 3.63) is 33.9 Å². The molecule has 2 heterocycles. The van der Waals surface area contributed by atoms with Gasteiger partial charge in [-0.05, 0) is 13.0 Å². The van der Waals surface area contributed by atoms with E-state index in [0.717, 1.165) is 17.1 Å². The van der Waals surface area contributed by atoms with E-state index in [0.29, 0.717) is 12.4 Å². The first-order valence-electron chi connectivity index (χ1n) is 5.70. The zero-order valence-corrected chi connectivity index (χ0v) is 11.2. The summed E-state index contributed by atoms with van der Waals surface area (Å²) < 4.78 is 0. The predicted octanol–water partition coefficient (Wildman–Crippen LogP) is 1.78. The van der Waals surface area contributed by atoms with Crippen LogP contribution in [-0.4, -0.2) is 27.6 Å². The summed E-state index contributed by atoms with van der Waals surface area (Å²) >= 11 is 1.61. The zero-order chi connectivity index (χ0) is 13.8. The number of pyridine rings is 1. The minimum absolute atomic E-state index is 0.0574. The van der Waals surface area contributed by atoms with Crippen molar-refractivity contribution >= 4 is 28.8 Å². The largest absolute Gasteiger partial charge is 0.478 e. The molecule has 0 atom stereocenters. The van der Waals surface area contributed by atoms with E-state index in [1.165, 1.54) is 12.3 Å². The zero-order valence-electron chi connectivity index (χ0n) is 10.4. The number of carboxylic acids is 1. The van der Waals surface area contributed by atoms with Gasteiger partial charge in [-0.1, -0.05) is 0 Å². The molecule has 7 heteroatoms. The topological polar surface area (TPSA) is 101 Å². The third-order valence-corrected chi connectivity index (χ3v) is 3.34. The number of nitrogens with two attached hydrogens (primary N) is 1. The maximum Gasteiger partial charge on any atom is 0.337 e. The van der Waals surface area contributed by atoms with Crippen LogP contribution < -0.4 is 11.1 Å². The number of aromatic carboxylic acids is 1. The maximum absolute atomic E-state index is 10.9. The van der Waals surface area contributed by atoms with Crippen molar-refractivity contribution in [1.29, 1.82) is 0 Å². The summed E-state index contributed by atoms with van der Waals surface area (Å²) in [6.07, 6.45) is 2.11. The van der Waals surface area contributed by atoms with E-state index in [9.17, 15) is 4.79 Å². The molecule has 0 radical (unpaired) electrons. The first-order chi connectivity index (χ1) is 9.06. The van der Waals surface area contributed by atoms with Gasteiger partial charge in [0.2, 0.25) is 0 Å². The number of carboxylic acid groups (broad SMARTS) is 1. The highest BCUT2D eigenvalue weighted by Gasteiger charge is 2.09. The van der Waals surface area contributed by atoms with Crippen molar-refractivity contribution in [2.24, 2.45) is 0 Å². The third-order valence-electron chi connectivity index (χ3n) is 2.52. The van der Waals surface area contributed by atoms with Gasteiger partial charge in [0.15, 0.2) is 0 Å². The maximum atomic E-state index is 10.9. The Morgan fingerprint density at radius 3 is 3.00 bits per heavy atom. The molecule has 0 aliphatic rings. The summed E-state index contributed by atoms with van der Waals surface area (Å²) in [5.41, 5.74) is 6.77. The quantitative estimate of drug-likeness (QED) is 0.770.